The summed E-state index contributed by atoms with van der Waals surface area (Å²) in [6.07, 6.45) is 3.40. The van der Waals surface area contributed by atoms with Crippen molar-refractivity contribution in [1.82, 2.24) is 10.2 Å². The van der Waals surface area contributed by atoms with Crippen LogP contribution in [-0.4, -0.2) is 36.0 Å². The fraction of sp³-hybridized carbons (Fsp3) is 0.560. The Balaban J connectivity index is 1.42. The van der Waals surface area contributed by atoms with Crippen LogP contribution in [0.4, 0.5) is 0 Å². The molecule has 1 N–H and O–H groups in total. The number of nitrogens with one attached hydrogen (secondary N) is 1. The van der Waals surface area contributed by atoms with Crippen LogP contribution in [0.1, 0.15) is 62.5 Å². The number of para-hydroxylation sites is 1. The van der Waals surface area contributed by atoms with Gasteiger partial charge < -0.3 is 14.5 Å². The van der Waals surface area contributed by atoms with Crippen molar-refractivity contribution in [1.29, 1.82) is 0 Å². The van der Waals surface area contributed by atoms with E-state index < -0.39 is 0 Å². The van der Waals surface area contributed by atoms with E-state index in [0.29, 0.717) is 12.3 Å². The normalized spacial score (nSPS) is 20.7. The maximum absolute atomic E-state index is 12.6. The van der Waals surface area contributed by atoms with E-state index in [1.807, 2.05) is 25.1 Å². The molecule has 0 bridgehead atoms. The van der Waals surface area contributed by atoms with E-state index in [9.17, 15) is 4.79 Å². The van der Waals surface area contributed by atoms with Crippen molar-refractivity contribution >= 4 is 5.91 Å². The molecule has 2 aliphatic rings. The number of furan rings is 1. The molecule has 2 aromatic rings. The minimum atomic E-state index is -0.174. The molecule has 0 unspecified atom stereocenters. The van der Waals surface area contributed by atoms with Crippen LogP contribution in [0, 0.1) is 12.8 Å². The number of hydrogen-bond acceptors (Lipinski definition) is 4. The summed E-state index contributed by atoms with van der Waals surface area (Å²) in [7, 11) is 0. The highest BCUT2D eigenvalue weighted by Crippen LogP contribution is 2.46. The third-order valence-electron chi connectivity index (χ3n) is 6.39. The lowest BCUT2D eigenvalue weighted by molar-refractivity contribution is -0.122. The molecule has 2 aliphatic heterocycles. The Labute approximate surface area is 179 Å². The number of nitrogens with zero attached hydrogens (tertiary/aromatic N) is 1. The van der Waals surface area contributed by atoms with Crippen molar-refractivity contribution in [3.8, 4) is 5.75 Å². The van der Waals surface area contributed by atoms with Gasteiger partial charge in [0.1, 0.15) is 22.9 Å². The number of likely N-dealkylation sites (tertiary alicyclic amines) is 1. The van der Waals surface area contributed by atoms with Gasteiger partial charge in [-0.2, -0.15) is 0 Å². The zero-order chi connectivity index (χ0) is 21.1. The zero-order valence-corrected chi connectivity index (χ0v) is 18.4. The maximum Gasteiger partial charge on any atom is 0.220 e. The molecule has 5 heteroatoms. The number of carbonyl (C=O) groups is 1. The number of ether oxygens (including phenoxy) is 1. The average molecular weight is 411 g/mol. The summed E-state index contributed by atoms with van der Waals surface area (Å²) in [5.41, 5.74) is 1.00. The summed E-state index contributed by atoms with van der Waals surface area (Å²) in [4.78, 5) is 15.0. The van der Waals surface area contributed by atoms with E-state index in [1.54, 1.807) is 0 Å². The van der Waals surface area contributed by atoms with Crippen LogP contribution in [0.2, 0.25) is 0 Å². The van der Waals surface area contributed by atoms with Gasteiger partial charge in [0.2, 0.25) is 5.91 Å². The third kappa shape index (κ3) is 4.89. The Kier molecular flexibility index (Phi) is 6.19. The summed E-state index contributed by atoms with van der Waals surface area (Å²) in [5, 5.41) is 3.09. The molecule has 162 valence electrons. The predicted octanol–water partition coefficient (Wildman–Crippen LogP) is 4.65. The molecule has 5 nitrogen and oxygen atoms in total. The van der Waals surface area contributed by atoms with Gasteiger partial charge in [-0.25, -0.2) is 0 Å². The Morgan fingerprint density at radius 3 is 2.67 bits per heavy atom. The van der Waals surface area contributed by atoms with Crippen LogP contribution >= 0.6 is 0 Å². The van der Waals surface area contributed by atoms with Crippen molar-refractivity contribution in [3.63, 3.8) is 0 Å². The molecule has 4 rings (SSSR count). The molecule has 1 atom stereocenters. The molecular formula is C25H34N2O3. The van der Waals surface area contributed by atoms with Gasteiger partial charge in [-0.05, 0) is 55.9 Å². The largest absolute Gasteiger partial charge is 0.487 e. The molecule has 1 aromatic heterocycles. The first-order valence-electron chi connectivity index (χ1n) is 11.2. The van der Waals surface area contributed by atoms with Gasteiger partial charge >= 0.3 is 0 Å². The van der Waals surface area contributed by atoms with E-state index in [4.69, 9.17) is 9.15 Å². The van der Waals surface area contributed by atoms with Gasteiger partial charge in [-0.1, -0.05) is 32.0 Å². The minimum Gasteiger partial charge on any atom is -0.487 e. The summed E-state index contributed by atoms with van der Waals surface area (Å²) in [6.45, 7) is 9.77. The van der Waals surface area contributed by atoms with Gasteiger partial charge in [0.15, 0.2) is 0 Å². The van der Waals surface area contributed by atoms with E-state index in [-0.39, 0.29) is 17.4 Å². The SMILES string of the molecule is Cc1ccc(CN2CCC3(CC2)C[C@@H](CC(=O)NCC(C)C)c2ccccc2O3)o1. The lowest BCUT2D eigenvalue weighted by Gasteiger charge is -2.46. The van der Waals surface area contributed by atoms with Gasteiger partial charge in [0.05, 0.1) is 6.54 Å². The lowest BCUT2D eigenvalue weighted by Crippen LogP contribution is -2.50. The quantitative estimate of drug-likeness (QED) is 0.753. The van der Waals surface area contributed by atoms with E-state index >= 15 is 0 Å². The van der Waals surface area contributed by atoms with Crippen molar-refractivity contribution in [2.75, 3.05) is 19.6 Å². The van der Waals surface area contributed by atoms with E-state index in [1.165, 1.54) is 5.56 Å². The number of hydrogen-bond donors (Lipinski definition) is 1. The molecule has 0 aliphatic carbocycles. The highest BCUT2D eigenvalue weighted by atomic mass is 16.5. The minimum absolute atomic E-state index is 0.145. The smallest absolute Gasteiger partial charge is 0.220 e. The second kappa shape index (κ2) is 8.84. The predicted molar refractivity (Wildman–Crippen MR) is 118 cm³/mol. The number of benzene rings is 1. The lowest BCUT2D eigenvalue weighted by atomic mass is 9.76. The Hall–Kier alpha value is -2.27. The fourth-order valence-electron chi connectivity index (χ4n) is 4.76. The molecule has 1 fully saturated rings. The molecule has 1 aromatic carbocycles. The summed E-state index contributed by atoms with van der Waals surface area (Å²) in [6, 6.07) is 12.4. The molecule has 1 amide bonds. The molecular weight excluding hydrogens is 376 g/mol. The number of piperidine rings is 1. The van der Waals surface area contributed by atoms with E-state index in [0.717, 1.165) is 62.7 Å². The molecule has 30 heavy (non-hydrogen) atoms. The van der Waals surface area contributed by atoms with Crippen molar-refractivity contribution in [2.45, 2.75) is 64.5 Å². The van der Waals surface area contributed by atoms with Gasteiger partial charge in [0, 0.05) is 32.0 Å². The summed E-state index contributed by atoms with van der Waals surface area (Å²) in [5.74, 6) is 3.76. The van der Waals surface area contributed by atoms with Crippen molar-refractivity contribution < 1.29 is 13.9 Å². The van der Waals surface area contributed by atoms with Crippen LogP contribution in [0.15, 0.2) is 40.8 Å². The average Bonchev–Trinajstić information content (AvgIpc) is 3.13. The Morgan fingerprint density at radius 2 is 1.97 bits per heavy atom. The van der Waals surface area contributed by atoms with Crippen LogP contribution < -0.4 is 10.1 Å². The third-order valence-corrected chi connectivity index (χ3v) is 6.39. The van der Waals surface area contributed by atoms with Gasteiger partial charge in [0.25, 0.3) is 0 Å². The fourth-order valence-corrected chi connectivity index (χ4v) is 4.76. The number of carbonyl (C=O) groups excluding carboxylic acids is 1. The van der Waals surface area contributed by atoms with Crippen molar-refractivity contribution in [2.24, 2.45) is 5.92 Å². The van der Waals surface area contributed by atoms with Crippen LogP contribution in [0.5, 0.6) is 5.75 Å². The molecule has 1 saturated heterocycles. The van der Waals surface area contributed by atoms with E-state index in [2.05, 4.69) is 42.3 Å². The molecule has 0 saturated carbocycles. The second-order valence-electron chi connectivity index (χ2n) is 9.41. The van der Waals surface area contributed by atoms with Gasteiger partial charge in [-0.3, -0.25) is 9.69 Å². The zero-order valence-electron chi connectivity index (χ0n) is 18.4. The first-order valence-corrected chi connectivity index (χ1v) is 11.2. The number of amides is 1. The summed E-state index contributed by atoms with van der Waals surface area (Å²) < 4.78 is 12.3. The Bertz CT molecular complexity index is 865. The highest BCUT2D eigenvalue weighted by Gasteiger charge is 2.43. The number of aryl methyl sites for hydroxylation is 1. The molecule has 1 spiro atoms. The monoisotopic (exact) mass is 410 g/mol. The Morgan fingerprint density at radius 1 is 1.20 bits per heavy atom. The van der Waals surface area contributed by atoms with Crippen molar-refractivity contribution in [3.05, 3.63) is 53.5 Å². The number of fused-ring (bicyclic) bond motifs is 1. The standard InChI is InChI=1S/C25H34N2O3/c1-18(2)16-26-24(28)14-20-15-25(30-23-7-5-4-6-22(20)23)10-12-27(13-11-25)17-21-9-8-19(3)29-21/h4-9,18,20H,10-17H2,1-3H3,(H,26,28)/t20-/m1/s1. The highest BCUT2D eigenvalue weighted by molar-refractivity contribution is 5.77. The molecule has 3 heterocycles. The number of rotatable bonds is 6. The van der Waals surface area contributed by atoms with Crippen LogP contribution in [0.3, 0.4) is 0 Å². The molecule has 0 radical (unpaired) electrons. The first-order chi connectivity index (χ1) is 14.4. The second-order valence-corrected chi connectivity index (χ2v) is 9.41. The van der Waals surface area contributed by atoms with Crippen LogP contribution in [-0.2, 0) is 11.3 Å². The summed E-state index contributed by atoms with van der Waals surface area (Å²) >= 11 is 0. The van der Waals surface area contributed by atoms with Crippen LogP contribution in [0.25, 0.3) is 0 Å². The van der Waals surface area contributed by atoms with Gasteiger partial charge in [-0.15, -0.1) is 0 Å². The maximum atomic E-state index is 12.6. The topological polar surface area (TPSA) is 54.7 Å². The first kappa shape index (κ1) is 21.0.